The van der Waals surface area contributed by atoms with E-state index in [1.54, 1.807) is 20.8 Å². The fourth-order valence-electron chi connectivity index (χ4n) is 1.96. The van der Waals surface area contributed by atoms with Crippen LogP contribution in [0, 0.1) is 5.92 Å². The number of amides is 2. The highest BCUT2D eigenvalue weighted by molar-refractivity contribution is 5.84. The van der Waals surface area contributed by atoms with E-state index >= 15 is 0 Å². The minimum Gasteiger partial charge on any atom is -0.467 e. The number of hydrogen-bond acceptors (Lipinski definition) is 5. The lowest BCUT2D eigenvalue weighted by atomic mass is 9.98. The quantitative estimate of drug-likeness (QED) is 0.737. The Bertz CT molecular complexity index is 389. The van der Waals surface area contributed by atoms with E-state index in [4.69, 9.17) is 4.74 Å². The fourth-order valence-corrected chi connectivity index (χ4v) is 1.96. The van der Waals surface area contributed by atoms with E-state index in [9.17, 15) is 14.4 Å². The molecule has 2 amide bonds. The molecule has 0 aromatic rings. The number of nitrogens with one attached hydrogen (secondary N) is 2. The second-order valence-corrected chi connectivity index (χ2v) is 5.73. The first-order valence-corrected chi connectivity index (χ1v) is 6.58. The highest BCUT2D eigenvalue weighted by Gasteiger charge is 2.32. The molecule has 0 aromatic heterocycles. The van der Waals surface area contributed by atoms with Crippen LogP contribution in [0.25, 0.3) is 0 Å². The zero-order valence-corrected chi connectivity index (χ0v) is 12.3. The number of hydrogen-bond donors (Lipinski definition) is 2. The van der Waals surface area contributed by atoms with E-state index in [2.05, 4.69) is 15.4 Å². The number of alkyl carbamates (subject to hydrolysis) is 1. The standard InChI is InChI=1S/C13H22N2O5/c1-13(2,3)20-12(18)15-9(11(17)19-4)7-8-5-6-14-10(8)16/h8-9H,5-7H2,1-4H3,(H,14,16)(H,15,18)/t8-,9-/m1/s1. The zero-order valence-electron chi connectivity index (χ0n) is 12.3. The maximum atomic E-state index is 11.7. The van der Waals surface area contributed by atoms with Crippen molar-refractivity contribution in [3.63, 3.8) is 0 Å². The minimum absolute atomic E-state index is 0.107. The van der Waals surface area contributed by atoms with Crippen molar-refractivity contribution < 1.29 is 23.9 Å². The third-order valence-corrected chi connectivity index (χ3v) is 2.86. The number of carbonyl (C=O) groups is 3. The molecule has 1 heterocycles. The van der Waals surface area contributed by atoms with Crippen LogP contribution in [0.3, 0.4) is 0 Å². The van der Waals surface area contributed by atoms with Crippen LogP contribution in [0.15, 0.2) is 0 Å². The Morgan fingerprint density at radius 1 is 1.45 bits per heavy atom. The normalized spacial score (nSPS) is 20.0. The average molecular weight is 286 g/mol. The molecular weight excluding hydrogens is 264 g/mol. The predicted octanol–water partition coefficient (Wildman–Crippen LogP) is 0.579. The number of esters is 1. The third kappa shape index (κ3) is 5.07. The molecule has 0 saturated carbocycles. The lowest BCUT2D eigenvalue weighted by Gasteiger charge is -2.23. The van der Waals surface area contributed by atoms with E-state index in [1.807, 2.05) is 0 Å². The van der Waals surface area contributed by atoms with Gasteiger partial charge in [-0.3, -0.25) is 4.79 Å². The summed E-state index contributed by atoms with van der Waals surface area (Å²) in [6.07, 6.45) is 0.145. The monoisotopic (exact) mass is 286 g/mol. The molecule has 1 aliphatic heterocycles. The second kappa shape index (κ2) is 6.58. The number of methoxy groups -OCH3 is 1. The Morgan fingerprint density at radius 3 is 2.55 bits per heavy atom. The molecule has 20 heavy (non-hydrogen) atoms. The molecule has 1 rings (SSSR count). The summed E-state index contributed by atoms with van der Waals surface area (Å²) in [6.45, 7) is 5.77. The number of carbonyl (C=O) groups excluding carboxylic acids is 3. The number of rotatable bonds is 4. The van der Waals surface area contributed by atoms with E-state index in [0.29, 0.717) is 13.0 Å². The van der Waals surface area contributed by atoms with Gasteiger partial charge >= 0.3 is 12.1 Å². The van der Waals surface area contributed by atoms with Gasteiger partial charge in [0.2, 0.25) is 5.91 Å². The van der Waals surface area contributed by atoms with E-state index < -0.39 is 23.7 Å². The minimum atomic E-state index is -0.885. The summed E-state index contributed by atoms with van der Waals surface area (Å²) >= 11 is 0. The van der Waals surface area contributed by atoms with Crippen LogP contribution < -0.4 is 10.6 Å². The highest BCUT2D eigenvalue weighted by atomic mass is 16.6. The van der Waals surface area contributed by atoms with Crippen LogP contribution in [-0.4, -0.2) is 43.3 Å². The summed E-state index contributed by atoms with van der Waals surface area (Å²) < 4.78 is 9.74. The van der Waals surface area contributed by atoms with Gasteiger partial charge in [-0.2, -0.15) is 0 Å². The van der Waals surface area contributed by atoms with Gasteiger partial charge in [0.25, 0.3) is 0 Å². The van der Waals surface area contributed by atoms with Gasteiger partial charge < -0.3 is 20.1 Å². The lowest BCUT2D eigenvalue weighted by Crippen LogP contribution is -2.45. The summed E-state index contributed by atoms with van der Waals surface area (Å²) in [5.74, 6) is -0.991. The second-order valence-electron chi connectivity index (χ2n) is 5.73. The van der Waals surface area contributed by atoms with Gasteiger partial charge in [0, 0.05) is 12.5 Å². The maximum absolute atomic E-state index is 11.7. The molecule has 7 heteroatoms. The van der Waals surface area contributed by atoms with Crippen molar-refractivity contribution >= 4 is 18.0 Å². The Kier molecular flexibility index (Phi) is 5.35. The van der Waals surface area contributed by atoms with Gasteiger partial charge in [0.05, 0.1) is 7.11 Å². The van der Waals surface area contributed by atoms with Gasteiger partial charge in [0.15, 0.2) is 0 Å². The molecular formula is C13H22N2O5. The van der Waals surface area contributed by atoms with Crippen LogP contribution >= 0.6 is 0 Å². The first-order chi connectivity index (χ1) is 9.23. The van der Waals surface area contributed by atoms with E-state index in [-0.39, 0.29) is 18.2 Å². The van der Waals surface area contributed by atoms with Crippen molar-refractivity contribution in [2.75, 3.05) is 13.7 Å². The Morgan fingerprint density at radius 2 is 2.10 bits per heavy atom. The average Bonchev–Trinajstić information content (AvgIpc) is 2.70. The molecule has 0 unspecified atom stereocenters. The molecule has 1 aliphatic rings. The van der Waals surface area contributed by atoms with Crippen molar-refractivity contribution in [3.8, 4) is 0 Å². The zero-order chi connectivity index (χ0) is 15.3. The summed E-state index contributed by atoms with van der Waals surface area (Å²) in [5, 5.41) is 5.14. The smallest absolute Gasteiger partial charge is 0.408 e. The molecule has 7 nitrogen and oxygen atoms in total. The van der Waals surface area contributed by atoms with E-state index in [0.717, 1.165) is 0 Å². The van der Waals surface area contributed by atoms with Crippen LogP contribution in [0.2, 0.25) is 0 Å². The predicted molar refractivity (Wildman–Crippen MR) is 70.9 cm³/mol. The van der Waals surface area contributed by atoms with Crippen LogP contribution in [0.4, 0.5) is 4.79 Å². The van der Waals surface area contributed by atoms with E-state index in [1.165, 1.54) is 7.11 Å². The van der Waals surface area contributed by atoms with Gasteiger partial charge in [-0.05, 0) is 33.6 Å². The molecule has 1 fully saturated rings. The van der Waals surface area contributed by atoms with Crippen LogP contribution in [-0.2, 0) is 19.1 Å². The van der Waals surface area contributed by atoms with Gasteiger partial charge in [-0.15, -0.1) is 0 Å². The maximum Gasteiger partial charge on any atom is 0.408 e. The fraction of sp³-hybridized carbons (Fsp3) is 0.769. The molecule has 0 aliphatic carbocycles. The first-order valence-electron chi connectivity index (χ1n) is 6.58. The Labute approximate surface area is 118 Å². The van der Waals surface area contributed by atoms with Gasteiger partial charge in [-0.25, -0.2) is 9.59 Å². The molecule has 114 valence electrons. The van der Waals surface area contributed by atoms with Crippen molar-refractivity contribution in [2.24, 2.45) is 5.92 Å². The lowest BCUT2D eigenvalue weighted by molar-refractivity contribution is -0.143. The van der Waals surface area contributed by atoms with Gasteiger partial charge in [-0.1, -0.05) is 0 Å². The molecule has 0 radical (unpaired) electrons. The van der Waals surface area contributed by atoms with Crippen molar-refractivity contribution in [3.05, 3.63) is 0 Å². The molecule has 2 atom stereocenters. The molecule has 0 bridgehead atoms. The number of ether oxygens (including phenoxy) is 2. The van der Waals surface area contributed by atoms with Crippen molar-refractivity contribution in [1.29, 1.82) is 0 Å². The summed E-state index contributed by atoms with van der Waals surface area (Å²) in [5.41, 5.74) is -0.657. The van der Waals surface area contributed by atoms with Crippen molar-refractivity contribution in [1.82, 2.24) is 10.6 Å². The summed E-state index contributed by atoms with van der Waals surface area (Å²) in [7, 11) is 1.24. The third-order valence-electron chi connectivity index (χ3n) is 2.86. The Hall–Kier alpha value is -1.79. The highest BCUT2D eigenvalue weighted by Crippen LogP contribution is 2.17. The first kappa shape index (κ1) is 16.3. The molecule has 0 aromatic carbocycles. The van der Waals surface area contributed by atoms with Crippen LogP contribution in [0.5, 0.6) is 0 Å². The SMILES string of the molecule is COC(=O)[C@@H](C[C@H]1CCNC1=O)NC(=O)OC(C)(C)C. The largest absolute Gasteiger partial charge is 0.467 e. The van der Waals surface area contributed by atoms with Gasteiger partial charge in [0.1, 0.15) is 11.6 Å². The topological polar surface area (TPSA) is 93.7 Å². The van der Waals surface area contributed by atoms with Crippen LogP contribution in [0.1, 0.15) is 33.6 Å². The summed E-state index contributed by atoms with van der Waals surface area (Å²) in [6, 6.07) is -0.885. The molecule has 1 saturated heterocycles. The molecule has 2 N–H and O–H groups in total. The summed E-state index contributed by atoms with van der Waals surface area (Å²) in [4.78, 5) is 34.9. The molecule has 0 spiro atoms. The Balaban J connectivity index is 2.62. The van der Waals surface area contributed by atoms with Crippen molar-refractivity contribution in [2.45, 2.75) is 45.3 Å².